The maximum absolute atomic E-state index is 10.0. The van der Waals surface area contributed by atoms with Crippen LogP contribution in [0.1, 0.15) is 11.7 Å². The number of ether oxygens (including phenoxy) is 1. The Balaban J connectivity index is 1.99. The smallest absolute Gasteiger partial charge is 0.141 e. The van der Waals surface area contributed by atoms with Gasteiger partial charge < -0.3 is 15.2 Å². The number of para-hydroxylation sites is 2. The third kappa shape index (κ3) is 3.02. The first-order valence-corrected chi connectivity index (χ1v) is 5.91. The number of nitrogens with one attached hydrogen (secondary N) is 1. The van der Waals surface area contributed by atoms with E-state index >= 15 is 0 Å². The first-order valence-electron chi connectivity index (χ1n) is 5.91. The van der Waals surface area contributed by atoms with Gasteiger partial charge in [0.25, 0.3) is 0 Å². The van der Waals surface area contributed by atoms with Gasteiger partial charge in [0.2, 0.25) is 0 Å². The van der Waals surface area contributed by atoms with E-state index in [0.29, 0.717) is 6.54 Å². The minimum Gasteiger partial charge on any atom is -0.495 e. The van der Waals surface area contributed by atoms with E-state index in [1.807, 2.05) is 54.6 Å². The lowest BCUT2D eigenvalue weighted by molar-refractivity contribution is 0.191. The fraction of sp³-hybridized carbons (Fsp3) is 0.200. The van der Waals surface area contributed by atoms with Gasteiger partial charge in [-0.25, -0.2) is 0 Å². The molecule has 0 aromatic heterocycles. The van der Waals surface area contributed by atoms with E-state index in [-0.39, 0.29) is 0 Å². The molecule has 0 aliphatic carbocycles. The van der Waals surface area contributed by atoms with Crippen molar-refractivity contribution in [1.29, 1.82) is 0 Å². The largest absolute Gasteiger partial charge is 0.495 e. The van der Waals surface area contributed by atoms with Crippen molar-refractivity contribution in [3.63, 3.8) is 0 Å². The van der Waals surface area contributed by atoms with Crippen LogP contribution < -0.4 is 10.1 Å². The minimum absolute atomic E-state index is 0.449. The second kappa shape index (κ2) is 6.07. The van der Waals surface area contributed by atoms with Gasteiger partial charge in [-0.2, -0.15) is 0 Å². The number of hydrogen-bond donors (Lipinski definition) is 2. The zero-order chi connectivity index (χ0) is 12.8. The number of aliphatic hydroxyl groups excluding tert-OH is 1. The van der Waals surface area contributed by atoms with Gasteiger partial charge in [-0.1, -0.05) is 42.5 Å². The molecule has 0 spiro atoms. The zero-order valence-electron chi connectivity index (χ0n) is 10.3. The normalized spacial score (nSPS) is 11.9. The van der Waals surface area contributed by atoms with Crippen LogP contribution in [-0.4, -0.2) is 18.8 Å². The molecule has 2 aromatic carbocycles. The highest BCUT2D eigenvalue weighted by Crippen LogP contribution is 2.24. The van der Waals surface area contributed by atoms with Crippen molar-refractivity contribution in [3.8, 4) is 5.75 Å². The molecule has 2 N–H and O–H groups in total. The van der Waals surface area contributed by atoms with Crippen molar-refractivity contribution < 1.29 is 9.84 Å². The molecular formula is C15H17NO2. The minimum atomic E-state index is -0.531. The Morgan fingerprint density at radius 1 is 1.06 bits per heavy atom. The molecular weight excluding hydrogens is 226 g/mol. The summed E-state index contributed by atoms with van der Waals surface area (Å²) in [6, 6.07) is 17.3. The monoisotopic (exact) mass is 243 g/mol. The number of benzene rings is 2. The number of rotatable bonds is 5. The lowest BCUT2D eigenvalue weighted by Gasteiger charge is -2.15. The third-order valence-corrected chi connectivity index (χ3v) is 2.78. The fourth-order valence-electron chi connectivity index (χ4n) is 1.79. The van der Waals surface area contributed by atoms with Crippen LogP contribution in [0.4, 0.5) is 5.69 Å². The van der Waals surface area contributed by atoms with Crippen LogP contribution in [0, 0.1) is 0 Å². The SMILES string of the molecule is COc1ccccc1NCC(O)c1ccccc1. The predicted octanol–water partition coefficient (Wildman–Crippen LogP) is 2.84. The lowest BCUT2D eigenvalue weighted by Crippen LogP contribution is -2.12. The van der Waals surface area contributed by atoms with Gasteiger partial charge in [0.15, 0.2) is 0 Å². The predicted molar refractivity (Wildman–Crippen MR) is 72.9 cm³/mol. The number of hydrogen-bond acceptors (Lipinski definition) is 3. The van der Waals surface area contributed by atoms with Gasteiger partial charge in [-0.05, 0) is 17.7 Å². The summed E-state index contributed by atoms with van der Waals surface area (Å²) in [4.78, 5) is 0. The molecule has 0 heterocycles. The second-order valence-corrected chi connectivity index (χ2v) is 4.01. The van der Waals surface area contributed by atoms with E-state index < -0.39 is 6.10 Å². The first kappa shape index (κ1) is 12.5. The van der Waals surface area contributed by atoms with E-state index in [2.05, 4.69) is 5.32 Å². The van der Waals surface area contributed by atoms with Crippen molar-refractivity contribution in [2.45, 2.75) is 6.10 Å². The van der Waals surface area contributed by atoms with E-state index in [1.165, 1.54) is 0 Å². The van der Waals surface area contributed by atoms with Crippen molar-refractivity contribution >= 4 is 5.69 Å². The number of anilines is 1. The first-order chi connectivity index (χ1) is 8.81. The Morgan fingerprint density at radius 2 is 1.72 bits per heavy atom. The molecule has 0 bridgehead atoms. The Labute approximate surface area is 107 Å². The average molecular weight is 243 g/mol. The molecule has 0 radical (unpaired) electrons. The van der Waals surface area contributed by atoms with E-state index in [9.17, 15) is 5.11 Å². The standard InChI is InChI=1S/C15H17NO2/c1-18-15-10-6-5-9-13(15)16-11-14(17)12-7-3-2-4-8-12/h2-10,14,16-17H,11H2,1H3. The van der Waals surface area contributed by atoms with Crippen LogP contribution >= 0.6 is 0 Å². The Bertz CT molecular complexity index is 485. The van der Waals surface area contributed by atoms with Gasteiger partial charge in [0.1, 0.15) is 5.75 Å². The van der Waals surface area contributed by atoms with E-state index in [4.69, 9.17) is 4.74 Å². The molecule has 0 saturated heterocycles. The maximum Gasteiger partial charge on any atom is 0.141 e. The highest BCUT2D eigenvalue weighted by Gasteiger charge is 2.07. The van der Waals surface area contributed by atoms with Gasteiger partial charge in [0.05, 0.1) is 18.9 Å². The van der Waals surface area contributed by atoms with Crippen molar-refractivity contribution in [2.24, 2.45) is 0 Å². The summed E-state index contributed by atoms with van der Waals surface area (Å²) in [5.74, 6) is 0.776. The number of aliphatic hydroxyl groups is 1. The quantitative estimate of drug-likeness (QED) is 0.848. The Kier molecular flexibility index (Phi) is 4.20. The summed E-state index contributed by atoms with van der Waals surface area (Å²) in [5.41, 5.74) is 1.79. The summed E-state index contributed by atoms with van der Waals surface area (Å²) in [5, 5.41) is 13.2. The van der Waals surface area contributed by atoms with Crippen molar-refractivity contribution in [2.75, 3.05) is 19.0 Å². The number of methoxy groups -OCH3 is 1. The molecule has 2 rings (SSSR count). The molecule has 2 aromatic rings. The molecule has 94 valence electrons. The average Bonchev–Trinajstić information content (AvgIpc) is 2.46. The van der Waals surface area contributed by atoms with E-state index in [0.717, 1.165) is 17.0 Å². The molecule has 1 atom stereocenters. The highest BCUT2D eigenvalue weighted by molar-refractivity contribution is 5.56. The van der Waals surface area contributed by atoms with Crippen LogP contribution in [-0.2, 0) is 0 Å². The molecule has 0 aliphatic heterocycles. The lowest BCUT2D eigenvalue weighted by atomic mass is 10.1. The Morgan fingerprint density at radius 3 is 2.44 bits per heavy atom. The summed E-state index contributed by atoms with van der Waals surface area (Å²) < 4.78 is 5.24. The van der Waals surface area contributed by atoms with Crippen molar-refractivity contribution in [1.82, 2.24) is 0 Å². The van der Waals surface area contributed by atoms with Crippen molar-refractivity contribution in [3.05, 3.63) is 60.2 Å². The molecule has 3 nitrogen and oxygen atoms in total. The third-order valence-electron chi connectivity index (χ3n) is 2.78. The van der Waals surface area contributed by atoms with Crippen LogP contribution in [0.15, 0.2) is 54.6 Å². The van der Waals surface area contributed by atoms with Gasteiger partial charge in [0, 0.05) is 6.54 Å². The zero-order valence-corrected chi connectivity index (χ0v) is 10.3. The highest BCUT2D eigenvalue weighted by atomic mass is 16.5. The molecule has 3 heteroatoms. The van der Waals surface area contributed by atoms with Crippen LogP contribution in [0.3, 0.4) is 0 Å². The summed E-state index contributed by atoms with van der Waals surface area (Å²) in [6.45, 7) is 0.449. The molecule has 1 unspecified atom stereocenters. The molecule has 0 amide bonds. The molecule has 0 aliphatic rings. The molecule has 0 fully saturated rings. The summed E-state index contributed by atoms with van der Waals surface area (Å²) >= 11 is 0. The second-order valence-electron chi connectivity index (χ2n) is 4.01. The Hall–Kier alpha value is -2.00. The van der Waals surface area contributed by atoms with Gasteiger partial charge in [-0.3, -0.25) is 0 Å². The summed E-state index contributed by atoms with van der Waals surface area (Å²) in [6.07, 6.45) is -0.531. The van der Waals surface area contributed by atoms with E-state index in [1.54, 1.807) is 7.11 Å². The van der Waals surface area contributed by atoms with Crippen LogP contribution in [0.25, 0.3) is 0 Å². The topological polar surface area (TPSA) is 41.5 Å². The molecule has 0 saturated carbocycles. The maximum atomic E-state index is 10.0. The van der Waals surface area contributed by atoms with Gasteiger partial charge >= 0.3 is 0 Å². The van der Waals surface area contributed by atoms with Gasteiger partial charge in [-0.15, -0.1) is 0 Å². The molecule has 18 heavy (non-hydrogen) atoms. The van der Waals surface area contributed by atoms with Crippen LogP contribution in [0.2, 0.25) is 0 Å². The van der Waals surface area contributed by atoms with Crippen LogP contribution in [0.5, 0.6) is 5.75 Å². The fourth-order valence-corrected chi connectivity index (χ4v) is 1.79. The summed E-state index contributed by atoms with van der Waals surface area (Å²) in [7, 11) is 1.63.